The van der Waals surface area contributed by atoms with Crippen molar-refractivity contribution in [3.8, 4) is 11.5 Å². The summed E-state index contributed by atoms with van der Waals surface area (Å²) in [4.78, 5) is 8.40. The molecule has 15 heavy (non-hydrogen) atoms. The molecule has 0 aromatic carbocycles. The van der Waals surface area contributed by atoms with Crippen molar-refractivity contribution in [3.63, 3.8) is 0 Å². The zero-order valence-electron chi connectivity index (χ0n) is 7.66. The van der Waals surface area contributed by atoms with Crippen LogP contribution in [0.15, 0.2) is 21.9 Å². The molecule has 2 rings (SSSR count). The van der Waals surface area contributed by atoms with Gasteiger partial charge in [-0.1, -0.05) is 23.4 Å². The van der Waals surface area contributed by atoms with Gasteiger partial charge in [-0.15, -0.1) is 5.10 Å². The van der Waals surface area contributed by atoms with Gasteiger partial charge in [0.15, 0.2) is 5.82 Å². The normalized spacial score (nSPS) is 10.6. The zero-order valence-corrected chi connectivity index (χ0v) is 10.8. The molecule has 0 aliphatic heterocycles. The quantitative estimate of drug-likeness (QED) is 0.867. The molecular formula is C8H6BrClN4S. The lowest BCUT2D eigenvalue weighted by Gasteiger charge is -1.98. The van der Waals surface area contributed by atoms with Crippen LogP contribution >= 0.6 is 39.3 Å². The number of hydrogen-bond acceptors (Lipinski definition) is 4. The van der Waals surface area contributed by atoms with Gasteiger partial charge in [0.1, 0.15) is 5.69 Å². The number of hydrogen-bond donors (Lipinski definition) is 1. The summed E-state index contributed by atoms with van der Waals surface area (Å²) < 4.78 is 0.834. The minimum Gasteiger partial charge on any atom is -0.257 e. The van der Waals surface area contributed by atoms with Crippen LogP contribution in [0.2, 0.25) is 5.02 Å². The molecule has 2 aromatic heterocycles. The van der Waals surface area contributed by atoms with E-state index in [1.807, 2.05) is 6.26 Å². The largest absolute Gasteiger partial charge is 0.257 e. The maximum atomic E-state index is 6.03. The molecule has 0 saturated heterocycles. The Hall–Kier alpha value is -0.590. The zero-order chi connectivity index (χ0) is 10.8. The molecule has 0 atom stereocenters. The van der Waals surface area contributed by atoms with E-state index < -0.39 is 0 Å². The maximum absolute atomic E-state index is 6.03. The van der Waals surface area contributed by atoms with Crippen LogP contribution in [-0.2, 0) is 0 Å². The first kappa shape index (κ1) is 10.9. The number of nitrogens with zero attached hydrogens (tertiary/aromatic N) is 3. The van der Waals surface area contributed by atoms with Crippen molar-refractivity contribution in [1.29, 1.82) is 0 Å². The summed E-state index contributed by atoms with van der Waals surface area (Å²) >= 11 is 10.8. The van der Waals surface area contributed by atoms with E-state index in [9.17, 15) is 0 Å². The molecule has 0 saturated carbocycles. The molecule has 0 amide bonds. The number of aromatic nitrogens is 4. The predicted molar refractivity (Wildman–Crippen MR) is 64.1 cm³/mol. The van der Waals surface area contributed by atoms with E-state index in [-0.39, 0.29) is 0 Å². The Labute approximate surface area is 104 Å². The molecule has 0 radical (unpaired) electrons. The van der Waals surface area contributed by atoms with Crippen molar-refractivity contribution in [1.82, 2.24) is 20.2 Å². The molecule has 0 fully saturated rings. The van der Waals surface area contributed by atoms with Crippen molar-refractivity contribution < 1.29 is 0 Å². The Balaban J connectivity index is 2.44. The Bertz CT molecular complexity index is 487. The summed E-state index contributed by atoms with van der Waals surface area (Å²) in [7, 11) is 0. The minimum atomic E-state index is 0.535. The van der Waals surface area contributed by atoms with Gasteiger partial charge in [-0.05, 0) is 28.3 Å². The minimum absolute atomic E-state index is 0.535. The van der Waals surface area contributed by atoms with Gasteiger partial charge in [0.25, 0.3) is 0 Å². The van der Waals surface area contributed by atoms with E-state index in [2.05, 4.69) is 36.1 Å². The first-order valence-electron chi connectivity index (χ1n) is 3.98. The summed E-state index contributed by atoms with van der Waals surface area (Å²) in [6.07, 6.45) is 3.58. The van der Waals surface area contributed by atoms with E-state index in [0.29, 0.717) is 21.7 Å². The number of H-pyrrole nitrogens is 1. The van der Waals surface area contributed by atoms with E-state index >= 15 is 0 Å². The fourth-order valence-electron chi connectivity index (χ4n) is 1.03. The summed E-state index contributed by atoms with van der Waals surface area (Å²) in [6.45, 7) is 0. The summed E-state index contributed by atoms with van der Waals surface area (Å²) in [5.41, 5.74) is 0.604. The van der Waals surface area contributed by atoms with Crippen LogP contribution in [0.25, 0.3) is 11.5 Å². The molecule has 2 aromatic rings. The monoisotopic (exact) mass is 304 g/mol. The Morgan fingerprint density at radius 3 is 2.93 bits per heavy atom. The predicted octanol–water partition coefficient (Wildman–Crippen LogP) is 3.00. The topological polar surface area (TPSA) is 54.5 Å². The van der Waals surface area contributed by atoms with Crippen molar-refractivity contribution in [2.75, 3.05) is 6.26 Å². The Kier molecular flexibility index (Phi) is 3.28. The molecule has 4 nitrogen and oxygen atoms in total. The maximum Gasteiger partial charge on any atom is 0.208 e. The summed E-state index contributed by atoms with van der Waals surface area (Å²) in [5.74, 6) is 0.580. The van der Waals surface area contributed by atoms with Gasteiger partial charge in [-0.25, -0.2) is 0 Å². The van der Waals surface area contributed by atoms with Crippen molar-refractivity contribution in [2.24, 2.45) is 0 Å². The molecule has 0 spiro atoms. The van der Waals surface area contributed by atoms with Gasteiger partial charge in [-0.2, -0.15) is 4.98 Å². The van der Waals surface area contributed by atoms with Crippen LogP contribution in [0.5, 0.6) is 0 Å². The fourth-order valence-corrected chi connectivity index (χ4v) is 2.07. The third-order valence-corrected chi connectivity index (χ3v) is 2.95. The number of rotatable bonds is 2. The molecule has 0 aliphatic carbocycles. The van der Waals surface area contributed by atoms with E-state index in [0.717, 1.165) is 4.47 Å². The molecule has 1 N–H and O–H groups in total. The number of pyridine rings is 1. The third-order valence-electron chi connectivity index (χ3n) is 1.68. The van der Waals surface area contributed by atoms with Crippen molar-refractivity contribution >= 4 is 39.3 Å². The van der Waals surface area contributed by atoms with Crippen LogP contribution in [0, 0.1) is 0 Å². The molecule has 2 heterocycles. The van der Waals surface area contributed by atoms with E-state index in [4.69, 9.17) is 11.6 Å². The highest BCUT2D eigenvalue weighted by Crippen LogP contribution is 2.26. The Morgan fingerprint density at radius 1 is 1.53 bits per heavy atom. The van der Waals surface area contributed by atoms with Gasteiger partial charge in [0, 0.05) is 10.7 Å². The fraction of sp³-hybridized carbons (Fsp3) is 0.125. The smallest absolute Gasteiger partial charge is 0.208 e. The van der Waals surface area contributed by atoms with Gasteiger partial charge in [-0.3, -0.25) is 10.1 Å². The van der Waals surface area contributed by atoms with Gasteiger partial charge in [0.05, 0.1) is 5.02 Å². The summed E-state index contributed by atoms with van der Waals surface area (Å²) in [6, 6.07) is 1.77. The van der Waals surface area contributed by atoms with Crippen molar-refractivity contribution in [2.45, 2.75) is 5.16 Å². The first-order chi connectivity index (χ1) is 7.20. The second-order valence-corrected chi connectivity index (χ2v) is 4.75. The molecule has 78 valence electrons. The van der Waals surface area contributed by atoms with E-state index in [1.165, 1.54) is 11.8 Å². The van der Waals surface area contributed by atoms with Gasteiger partial charge in [0.2, 0.25) is 5.16 Å². The third kappa shape index (κ3) is 2.32. The molecule has 0 unspecified atom stereocenters. The van der Waals surface area contributed by atoms with Crippen LogP contribution in [-0.4, -0.2) is 26.4 Å². The van der Waals surface area contributed by atoms with Crippen LogP contribution < -0.4 is 0 Å². The average molecular weight is 306 g/mol. The SMILES string of the molecule is CSc1n[nH]c(-c2ncc(Br)cc2Cl)n1. The molecule has 0 bridgehead atoms. The van der Waals surface area contributed by atoms with Crippen LogP contribution in [0.1, 0.15) is 0 Å². The highest BCUT2D eigenvalue weighted by molar-refractivity contribution is 9.10. The lowest BCUT2D eigenvalue weighted by molar-refractivity contribution is 0.976. The number of nitrogens with one attached hydrogen (secondary N) is 1. The standard InChI is InChI=1S/C8H6BrClN4S/c1-15-8-12-7(13-14-8)6-5(10)2-4(9)3-11-6/h2-3H,1H3,(H,12,13,14). The molecular weight excluding hydrogens is 300 g/mol. The highest BCUT2D eigenvalue weighted by atomic mass is 79.9. The Morgan fingerprint density at radius 2 is 2.33 bits per heavy atom. The van der Waals surface area contributed by atoms with Crippen LogP contribution in [0.4, 0.5) is 0 Å². The lowest BCUT2D eigenvalue weighted by Crippen LogP contribution is -1.87. The average Bonchev–Trinajstić information content (AvgIpc) is 2.66. The number of aromatic amines is 1. The second kappa shape index (κ2) is 4.51. The van der Waals surface area contributed by atoms with Gasteiger partial charge >= 0.3 is 0 Å². The van der Waals surface area contributed by atoms with Gasteiger partial charge < -0.3 is 0 Å². The highest BCUT2D eigenvalue weighted by Gasteiger charge is 2.10. The van der Waals surface area contributed by atoms with E-state index in [1.54, 1.807) is 12.3 Å². The first-order valence-corrected chi connectivity index (χ1v) is 6.38. The number of thioether (sulfide) groups is 1. The second-order valence-electron chi connectivity index (χ2n) is 2.65. The summed E-state index contributed by atoms with van der Waals surface area (Å²) in [5, 5.41) is 7.99. The molecule has 0 aliphatic rings. The number of halogens is 2. The molecule has 7 heteroatoms. The lowest BCUT2D eigenvalue weighted by atomic mass is 10.3. The van der Waals surface area contributed by atoms with Crippen molar-refractivity contribution in [3.05, 3.63) is 21.8 Å². The van der Waals surface area contributed by atoms with Crippen LogP contribution in [0.3, 0.4) is 0 Å².